The molecule has 3 N–H and O–H groups in total. The van der Waals surface area contributed by atoms with Gasteiger partial charge in [0.25, 0.3) is 0 Å². The monoisotopic (exact) mass is 283 g/mol. The maximum atomic E-state index is 5.98. The Labute approximate surface area is 125 Å². The van der Waals surface area contributed by atoms with Crippen molar-refractivity contribution in [2.24, 2.45) is 5.84 Å². The van der Waals surface area contributed by atoms with Crippen LogP contribution in [0.1, 0.15) is 41.0 Å². The molecule has 0 fully saturated rings. The third-order valence-electron chi connectivity index (χ3n) is 4.17. The molecule has 0 spiro atoms. The van der Waals surface area contributed by atoms with E-state index in [9.17, 15) is 0 Å². The maximum Gasteiger partial charge on any atom is 0.0846 e. The van der Waals surface area contributed by atoms with Crippen LogP contribution in [0.5, 0.6) is 0 Å². The fourth-order valence-electron chi connectivity index (χ4n) is 3.04. The summed E-state index contributed by atoms with van der Waals surface area (Å²) in [5.74, 6) is 5.78. The second-order valence-corrected chi connectivity index (χ2v) is 5.44. The molecule has 2 unspecified atom stereocenters. The second-order valence-electron chi connectivity index (χ2n) is 5.44. The third kappa shape index (κ3) is 2.97. The number of hydrogen-bond acceptors (Lipinski definition) is 4. The molecular formula is C17H21N3O. The molecule has 1 aromatic carbocycles. The molecule has 2 heterocycles. The Morgan fingerprint density at radius 2 is 2.19 bits per heavy atom. The van der Waals surface area contributed by atoms with Gasteiger partial charge >= 0.3 is 0 Å². The molecule has 4 nitrogen and oxygen atoms in total. The summed E-state index contributed by atoms with van der Waals surface area (Å²) in [6.07, 6.45) is 3.67. The number of pyridine rings is 1. The number of aryl methyl sites for hydroxylation is 1. The van der Waals surface area contributed by atoms with E-state index in [1.54, 1.807) is 6.20 Å². The van der Waals surface area contributed by atoms with E-state index in [1.165, 1.54) is 11.1 Å². The minimum Gasteiger partial charge on any atom is -0.373 e. The van der Waals surface area contributed by atoms with Crippen molar-refractivity contribution < 1.29 is 4.74 Å². The molecule has 3 rings (SSSR count). The first-order valence-corrected chi connectivity index (χ1v) is 7.36. The number of ether oxygens (including phenoxy) is 1. The molecule has 4 heteroatoms. The third-order valence-corrected chi connectivity index (χ3v) is 4.17. The largest absolute Gasteiger partial charge is 0.373 e. The Kier molecular flexibility index (Phi) is 4.29. The van der Waals surface area contributed by atoms with Crippen LogP contribution in [-0.2, 0) is 11.2 Å². The van der Waals surface area contributed by atoms with Crippen molar-refractivity contribution in [1.82, 2.24) is 10.4 Å². The molecule has 0 bridgehead atoms. The summed E-state index contributed by atoms with van der Waals surface area (Å²) in [7, 11) is 0. The van der Waals surface area contributed by atoms with Crippen LogP contribution in [0.15, 0.2) is 42.6 Å². The summed E-state index contributed by atoms with van der Waals surface area (Å²) in [6.45, 7) is 2.78. The van der Waals surface area contributed by atoms with Crippen LogP contribution >= 0.6 is 0 Å². The summed E-state index contributed by atoms with van der Waals surface area (Å²) in [4.78, 5) is 4.35. The lowest BCUT2D eigenvalue weighted by atomic mass is 9.91. The highest BCUT2D eigenvalue weighted by molar-refractivity contribution is 5.32. The SMILES string of the molecule is Cc1ncccc1C(CC1OCCc2ccccc21)NN. The van der Waals surface area contributed by atoms with Gasteiger partial charge in [0.2, 0.25) is 0 Å². The lowest BCUT2D eigenvalue weighted by Crippen LogP contribution is -2.31. The quantitative estimate of drug-likeness (QED) is 0.669. The van der Waals surface area contributed by atoms with E-state index >= 15 is 0 Å². The van der Waals surface area contributed by atoms with Crippen molar-refractivity contribution in [2.45, 2.75) is 31.9 Å². The molecule has 2 aromatic rings. The normalized spacial score (nSPS) is 19.0. The standard InChI is InChI=1S/C17H21N3O/c1-12-14(7-4-9-19-12)16(20-18)11-17-15-6-3-2-5-13(15)8-10-21-17/h2-7,9,16-17,20H,8,10-11,18H2,1H3. The van der Waals surface area contributed by atoms with Crippen molar-refractivity contribution in [3.8, 4) is 0 Å². The van der Waals surface area contributed by atoms with Crippen LogP contribution < -0.4 is 11.3 Å². The molecule has 0 saturated carbocycles. The fourth-order valence-corrected chi connectivity index (χ4v) is 3.04. The van der Waals surface area contributed by atoms with Gasteiger partial charge in [-0.2, -0.15) is 0 Å². The number of nitrogens with zero attached hydrogens (tertiary/aromatic N) is 1. The number of nitrogens with two attached hydrogens (primary N) is 1. The Hall–Kier alpha value is -1.75. The first-order valence-electron chi connectivity index (χ1n) is 7.36. The Morgan fingerprint density at radius 1 is 1.33 bits per heavy atom. The number of hydrazine groups is 1. The zero-order chi connectivity index (χ0) is 14.7. The number of nitrogens with one attached hydrogen (secondary N) is 1. The minimum atomic E-state index is 0.0369. The molecular weight excluding hydrogens is 262 g/mol. The zero-order valence-electron chi connectivity index (χ0n) is 12.3. The Bertz CT molecular complexity index is 614. The van der Waals surface area contributed by atoms with Crippen molar-refractivity contribution in [3.05, 3.63) is 65.0 Å². The molecule has 0 amide bonds. The van der Waals surface area contributed by atoms with Crippen LogP contribution in [0.3, 0.4) is 0 Å². The molecule has 0 saturated heterocycles. The summed E-state index contributed by atoms with van der Waals surface area (Å²) in [5.41, 5.74) is 7.72. The zero-order valence-corrected chi connectivity index (χ0v) is 12.3. The summed E-state index contributed by atoms with van der Waals surface area (Å²) < 4.78 is 5.98. The highest BCUT2D eigenvalue weighted by Crippen LogP contribution is 2.34. The molecule has 2 atom stereocenters. The maximum absolute atomic E-state index is 5.98. The molecule has 0 aliphatic carbocycles. The topological polar surface area (TPSA) is 60.2 Å². The predicted molar refractivity (Wildman–Crippen MR) is 82.5 cm³/mol. The van der Waals surface area contributed by atoms with E-state index in [0.717, 1.165) is 30.7 Å². The molecule has 1 aliphatic heterocycles. The number of aromatic nitrogens is 1. The minimum absolute atomic E-state index is 0.0369. The second kappa shape index (κ2) is 6.35. The van der Waals surface area contributed by atoms with Gasteiger partial charge in [0.15, 0.2) is 0 Å². The number of hydrogen-bond donors (Lipinski definition) is 2. The fraction of sp³-hybridized carbons (Fsp3) is 0.353. The number of benzene rings is 1. The number of rotatable bonds is 4. The average Bonchev–Trinajstić information content (AvgIpc) is 2.53. The van der Waals surface area contributed by atoms with Crippen molar-refractivity contribution >= 4 is 0 Å². The molecule has 1 aromatic heterocycles. The Balaban J connectivity index is 1.84. The van der Waals surface area contributed by atoms with E-state index in [2.05, 4.69) is 40.7 Å². The highest BCUT2D eigenvalue weighted by Gasteiger charge is 2.25. The van der Waals surface area contributed by atoms with Gasteiger partial charge in [-0.3, -0.25) is 16.3 Å². The smallest absolute Gasteiger partial charge is 0.0846 e. The Morgan fingerprint density at radius 3 is 3.00 bits per heavy atom. The van der Waals surface area contributed by atoms with Crippen LogP contribution in [0.4, 0.5) is 0 Å². The van der Waals surface area contributed by atoms with Crippen LogP contribution in [0.2, 0.25) is 0 Å². The van der Waals surface area contributed by atoms with E-state index in [-0.39, 0.29) is 12.1 Å². The van der Waals surface area contributed by atoms with Gasteiger partial charge in [0, 0.05) is 11.9 Å². The van der Waals surface area contributed by atoms with Gasteiger partial charge < -0.3 is 4.74 Å². The van der Waals surface area contributed by atoms with E-state index < -0.39 is 0 Å². The predicted octanol–water partition coefficient (Wildman–Crippen LogP) is 2.60. The van der Waals surface area contributed by atoms with Gasteiger partial charge in [-0.1, -0.05) is 30.3 Å². The summed E-state index contributed by atoms with van der Waals surface area (Å²) in [5, 5.41) is 0. The molecule has 1 aliphatic rings. The van der Waals surface area contributed by atoms with Crippen LogP contribution in [0, 0.1) is 6.92 Å². The van der Waals surface area contributed by atoms with Gasteiger partial charge in [0.05, 0.1) is 18.8 Å². The first kappa shape index (κ1) is 14.2. The molecule has 110 valence electrons. The van der Waals surface area contributed by atoms with Crippen molar-refractivity contribution in [1.29, 1.82) is 0 Å². The van der Waals surface area contributed by atoms with Crippen molar-refractivity contribution in [3.63, 3.8) is 0 Å². The van der Waals surface area contributed by atoms with E-state index in [0.29, 0.717) is 0 Å². The van der Waals surface area contributed by atoms with E-state index in [1.807, 2.05) is 13.0 Å². The first-order chi connectivity index (χ1) is 10.3. The van der Waals surface area contributed by atoms with E-state index in [4.69, 9.17) is 10.6 Å². The summed E-state index contributed by atoms with van der Waals surface area (Å²) >= 11 is 0. The molecule has 0 radical (unpaired) electrons. The average molecular weight is 283 g/mol. The van der Waals surface area contributed by atoms with Crippen molar-refractivity contribution in [2.75, 3.05) is 6.61 Å². The van der Waals surface area contributed by atoms with Crippen LogP contribution in [0.25, 0.3) is 0 Å². The lowest BCUT2D eigenvalue weighted by Gasteiger charge is -2.29. The summed E-state index contributed by atoms with van der Waals surface area (Å²) in [6, 6.07) is 12.6. The lowest BCUT2D eigenvalue weighted by molar-refractivity contribution is 0.0292. The van der Waals surface area contributed by atoms with Gasteiger partial charge in [-0.05, 0) is 42.5 Å². The van der Waals surface area contributed by atoms with Gasteiger partial charge in [-0.15, -0.1) is 0 Å². The van der Waals surface area contributed by atoms with Gasteiger partial charge in [-0.25, -0.2) is 0 Å². The molecule has 21 heavy (non-hydrogen) atoms. The number of fused-ring (bicyclic) bond motifs is 1. The van der Waals surface area contributed by atoms with Gasteiger partial charge in [0.1, 0.15) is 0 Å². The van der Waals surface area contributed by atoms with Crippen LogP contribution in [-0.4, -0.2) is 11.6 Å². The highest BCUT2D eigenvalue weighted by atomic mass is 16.5.